The third kappa shape index (κ3) is 1.29. The zero-order valence-corrected chi connectivity index (χ0v) is 6.37. The van der Waals surface area contributed by atoms with E-state index in [2.05, 4.69) is 0 Å². The van der Waals surface area contributed by atoms with E-state index in [1.807, 2.05) is 31.3 Å². The van der Waals surface area contributed by atoms with E-state index in [4.69, 9.17) is 0 Å². The summed E-state index contributed by atoms with van der Waals surface area (Å²) >= 11 is 0. The number of carbonyl (C=O) groups excluding carboxylic acids is 1. The molecule has 0 radical (unpaired) electrons. The second kappa shape index (κ2) is 2.73. The van der Waals surface area contributed by atoms with E-state index >= 15 is 0 Å². The summed E-state index contributed by atoms with van der Waals surface area (Å²) in [5.74, 6) is 0.181. The van der Waals surface area contributed by atoms with Crippen molar-refractivity contribution < 1.29 is 4.79 Å². The Kier molecular flexibility index (Phi) is 1.94. The molecule has 10 heavy (non-hydrogen) atoms. The summed E-state index contributed by atoms with van der Waals surface area (Å²) in [6.45, 7) is 2.57. The normalized spacial score (nSPS) is 16.6. The van der Waals surface area contributed by atoms with Crippen molar-refractivity contribution in [3.63, 3.8) is 0 Å². The van der Waals surface area contributed by atoms with E-state index in [0.717, 1.165) is 0 Å². The van der Waals surface area contributed by atoms with Crippen LogP contribution < -0.4 is 0 Å². The summed E-state index contributed by atoms with van der Waals surface area (Å²) in [4.78, 5) is 14.7. The first-order valence-electron chi connectivity index (χ1n) is 3.42. The van der Waals surface area contributed by atoms with Crippen LogP contribution in [0.4, 0.5) is 0 Å². The van der Waals surface area contributed by atoms with Crippen molar-refractivity contribution in [2.75, 3.05) is 13.7 Å². The van der Waals surface area contributed by atoms with Gasteiger partial charge in [0.15, 0.2) is 0 Å². The number of hydrogen-bond donors (Lipinski definition) is 0. The van der Waals surface area contributed by atoms with Crippen LogP contribution in [0.2, 0.25) is 0 Å². The second-order valence-corrected chi connectivity index (χ2v) is 2.41. The zero-order valence-electron chi connectivity index (χ0n) is 6.37. The van der Waals surface area contributed by atoms with Gasteiger partial charge in [-0.2, -0.15) is 0 Å². The Labute approximate surface area is 60.9 Å². The monoisotopic (exact) mass is 140 g/mol. The fourth-order valence-electron chi connectivity index (χ4n) is 0.894. The van der Waals surface area contributed by atoms with Crippen molar-refractivity contribution >= 4 is 5.91 Å². The van der Waals surface area contributed by atoms with E-state index in [9.17, 15) is 4.79 Å². The predicted octanol–water partition coefficient (Wildman–Crippen LogP) is 0.599. The Morgan fingerprint density at radius 1 is 1.60 bits per heavy atom. The minimum absolute atomic E-state index is 0.181. The fourth-order valence-corrected chi connectivity index (χ4v) is 0.894. The van der Waals surface area contributed by atoms with Crippen LogP contribution >= 0.6 is 0 Å². The lowest BCUT2D eigenvalue weighted by atomic mass is 10.4. The Hall–Kier alpha value is -0.990. The molecule has 0 saturated carbocycles. The van der Waals surface area contributed by atoms with Gasteiger partial charge in [0.05, 0.1) is 6.67 Å². The minimum Gasteiger partial charge on any atom is -0.361 e. The van der Waals surface area contributed by atoms with Gasteiger partial charge in [0.1, 0.15) is 0 Å². The predicted molar refractivity (Wildman–Crippen MR) is 38.9 cm³/mol. The molecule has 0 aromatic rings. The molecule has 1 amide bonds. The van der Waals surface area contributed by atoms with Gasteiger partial charge in [0, 0.05) is 25.9 Å². The number of nitrogens with zero attached hydrogens (tertiary/aromatic N) is 2. The molecule has 0 N–H and O–H groups in total. The van der Waals surface area contributed by atoms with Crippen LogP contribution in [0.5, 0.6) is 0 Å². The largest absolute Gasteiger partial charge is 0.361 e. The molecule has 1 rings (SSSR count). The Bertz CT molecular complexity index is 165. The third-order valence-corrected chi connectivity index (χ3v) is 1.50. The zero-order chi connectivity index (χ0) is 7.56. The quantitative estimate of drug-likeness (QED) is 0.532. The molecule has 1 aliphatic heterocycles. The number of rotatable bonds is 1. The van der Waals surface area contributed by atoms with Crippen LogP contribution in [0.15, 0.2) is 12.4 Å². The maximum Gasteiger partial charge on any atom is 0.227 e. The highest BCUT2D eigenvalue weighted by Gasteiger charge is 2.13. The van der Waals surface area contributed by atoms with Gasteiger partial charge < -0.3 is 4.90 Å². The van der Waals surface area contributed by atoms with Gasteiger partial charge in [0.25, 0.3) is 0 Å². The van der Waals surface area contributed by atoms with Gasteiger partial charge in [-0.15, -0.1) is 0 Å². The van der Waals surface area contributed by atoms with Crippen LogP contribution in [0.25, 0.3) is 0 Å². The molecule has 0 bridgehead atoms. The molecule has 0 saturated heterocycles. The lowest BCUT2D eigenvalue weighted by molar-refractivity contribution is -0.128. The van der Waals surface area contributed by atoms with Crippen LogP contribution in [0.1, 0.15) is 13.3 Å². The van der Waals surface area contributed by atoms with E-state index in [1.165, 1.54) is 0 Å². The molecule has 0 aliphatic carbocycles. The molecule has 56 valence electrons. The van der Waals surface area contributed by atoms with Crippen LogP contribution in [0, 0.1) is 0 Å². The van der Waals surface area contributed by atoms with Crippen molar-refractivity contribution in [1.29, 1.82) is 0 Å². The highest BCUT2D eigenvalue weighted by atomic mass is 16.2. The van der Waals surface area contributed by atoms with Crippen LogP contribution in [-0.2, 0) is 4.79 Å². The summed E-state index contributed by atoms with van der Waals surface area (Å²) in [6.07, 6.45) is 4.29. The molecule has 3 nitrogen and oxygen atoms in total. The molecular weight excluding hydrogens is 128 g/mol. The van der Waals surface area contributed by atoms with Crippen molar-refractivity contribution in [3.8, 4) is 0 Å². The maximum atomic E-state index is 11.0. The van der Waals surface area contributed by atoms with Gasteiger partial charge in [-0.05, 0) is 0 Å². The van der Waals surface area contributed by atoms with E-state index < -0.39 is 0 Å². The lowest BCUT2D eigenvalue weighted by Crippen LogP contribution is -2.27. The molecule has 0 aromatic heterocycles. The topological polar surface area (TPSA) is 23.6 Å². The minimum atomic E-state index is 0.181. The molecular formula is C7H12N2O. The highest BCUT2D eigenvalue weighted by Crippen LogP contribution is 2.04. The van der Waals surface area contributed by atoms with E-state index in [-0.39, 0.29) is 5.91 Å². The first-order valence-corrected chi connectivity index (χ1v) is 3.42. The summed E-state index contributed by atoms with van der Waals surface area (Å²) in [5, 5.41) is 0. The lowest BCUT2D eigenvalue weighted by Gasteiger charge is -2.14. The van der Waals surface area contributed by atoms with Crippen molar-refractivity contribution in [3.05, 3.63) is 12.4 Å². The van der Waals surface area contributed by atoms with Gasteiger partial charge in [-0.3, -0.25) is 9.69 Å². The first kappa shape index (κ1) is 7.12. The Morgan fingerprint density at radius 2 is 2.30 bits per heavy atom. The highest BCUT2D eigenvalue weighted by molar-refractivity contribution is 5.77. The number of amides is 1. The van der Waals surface area contributed by atoms with Crippen molar-refractivity contribution in [1.82, 2.24) is 9.80 Å². The van der Waals surface area contributed by atoms with Gasteiger partial charge in [-0.25, -0.2) is 0 Å². The summed E-state index contributed by atoms with van der Waals surface area (Å²) in [5.41, 5.74) is 0. The molecule has 3 heteroatoms. The van der Waals surface area contributed by atoms with E-state index in [1.54, 1.807) is 4.90 Å². The SMILES string of the molecule is CCC(=O)N1C=CN(C)C1. The molecule has 0 spiro atoms. The van der Waals surface area contributed by atoms with Gasteiger partial charge in [0.2, 0.25) is 5.91 Å². The number of hydrogen-bond acceptors (Lipinski definition) is 2. The first-order chi connectivity index (χ1) is 4.74. The van der Waals surface area contributed by atoms with Gasteiger partial charge >= 0.3 is 0 Å². The van der Waals surface area contributed by atoms with Crippen LogP contribution in [0.3, 0.4) is 0 Å². The number of carbonyl (C=O) groups is 1. The fraction of sp³-hybridized carbons (Fsp3) is 0.571. The average Bonchev–Trinajstić information content (AvgIpc) is 2.34. The molecule has 0 aromatic carbocycles. The molecule has 0 atom stereocenters. The Balaban J connectivity index is 2.46. The maximum absolute atomic E-state index is 11.0. The summed E-state index contributed by atoms with van der Waals surface area (Å²) in [7, 11) is 1.94. The van der Waals surface area contributed by atoms with Gasteiger partial charge in [-0.1, -0.05) is 6.92 Å². The molecule has 1 heterocycles. The summed E-state index contributed by atoms with van der Waals surface area (Å²) in [6, 6.07) is 0. The second-order valence-electron chi connectivity index (χ2n) is 2.41. The van der Waals surface area contributed by atoms with E-state index in [0.29, 0.717) is 13.1 Å². The smallest absolute Gasteiger partial charge is 0.227 e. The Morgan fingerprint density at radius 3 is 2.70 bits per heavy atom. The summed E-state index contributed by atoms with van der Waals surface area (Å²) < 4.78 is 0. The van der Waals surface area contributed by atoms with Crippen LogP contribution in [-0.4, -0.2) is 29.4 Å². The molecule has 1 aliphatic rings. The van der Waals surface area contributed by atoms with Crippen molar-refractivity contribution in [2.24, 2.45) is 0 Å². The average molecular weight is 140 g/mol. The van der Waals surface area contributed by atoms with Crippen molar-refractivity contribution in [2.45, 2.75) is 13.3 Å². The standard InChI is InChI=1S/C7H12N2O/c1-3-7(10)9-5-4-8(2)6-9/h4-5H,3,6H2,1-2H3. The third-order valence-electron chi connectivity index (χ3n) is 1.50. The molecule has 0 fully saturated rings. The molecule has 0 unspecified atom stereocenters.